The first-order valence-electron chi connectivity index (χ1n) is 2.66. The Kier molecular flexibility index (Phi) is 1.15. The third kappa shape index (κ3) is 1.03. The van der Waals surface area contributed by atoms with E-state index in [4.69, 9.17) is 0 Å². The van der Waals surface area contributed by atoms with Crippen LogP contribution < -0.4 is 5.32 Å². The Morgan fingerprint density at radius 1 is 1.71 bits per heavy atom. The summed E-state index contributed by atoms with van der Waals surface area (Å²) in [4.78, 5) is 0. The Labute approximate surface area is 44.4 Å². The summed E-state index contributed by atoms with van der Waals surface area (Å²) in [6, 6.07) is 0. The van der Waals surface area contributed by atoms with Crippen molar-refractivity contribution in [1.29, 1.82) is 0 Å². The summed E-state index contributed by atoms with van der Waals surface area (Å²) < 4.78 is 0. The van der Waals surface area contributed by atoms with Gasteiger partial charge in [-0.15, -0.1) is 0 Å². The van der Waals surface area contributed by atoms with Gasteiger partial charge in [-0.2, -0.15) is 0 Å². The van der Waals surface area contributed by atoms with Gasteiger partial charge in [-0.25, -0.2) is 0 Å². The maximum Gasteiger partial charge on any atom is 0.0167 e. The van der Waals surface area contributed by atoms with Gasteiger partial charge in [0.25, 0.3) is 0 Å². The molecule has 0 radical (unpaired) electrons. The van der Waals surface area contributed by atoms with E-state index in [0.717, 1.165) is 6.54 Å². The number of hydrogen-bond acceptors (Lipinski definition) is 1. The van der Waals surface area contributed by atoms with Crippen LogP contribution in [0.25, 0.3) is 0 Å². The molecule has 0 saturated carbocycles. The van der Waals surface area contributed by atoms with Crippen molar-refractivity contribution in [2.75, 3.05) is 13.6 Å². The molecule has 1 N–H and O–H groups in total. The van der Waals surface area contributed by atoms with Crippen LogP contribution in [-0.4, -0.2) is 13.6 Å². The van der Waals surface area contributed by atoms with Crippen molar-refractivity contribution in [3.05, 3.63) is 11.1 Å². The largest absolute Gasteiger partial charge is 0.316 e. The fourth-order valence-electron chi connectivity index (χ4n) is 0.703. The maximum absolute atomic E-state index is 3.10. The number of hydrogen-bond donors (Lipinski definition) is 1. The molecule has 0 bridgehead atoms. The molecule has 1 aliphatic rings. The van der Waals surface area contributed by atoms with Crippen LogP contribution in [0.1, 0.15) is 13.3 Å². The lowest BCUT2D eigenvalue weighted by molar-refractivity contribution is 0.897. The zero-order chi connectivity index (χ0) is 5.28. The van der Waals surface area contributed by atoms with E-state index in [9.17, 15) is 0 Å². The van der Waals surface area contributed by atoms with Crippen LogP contribution in [-0.2, 0) is 0 Å². The highest BCUT2D eigenvalue weighted by molar-refractivity contribution is 5.33. The second-order valence-electron chi connectivity index (χ2n) is 2.09. The van der Waals surface area contributed by atoms with Crippen molar-refractivity contribution in [2.45, 2.75) is 13.3 Å². The molecule has 1 heteroatoms. The van der Waals surface area contributed by atoms with Gasteiger partial charge in [0.1, 0.15) is 0 Å². The fraction of sp³-hybridized carbons (Fsp3) is 0.667. The first-order chi connectivity index (χ1) is 3.34. The van der Waals surface area contributed by atoms with Gasteiger partial charge in [0.2, 0.25) is 0 Å². The highest BCUT2D eigenvalue weighted by Crippen LogP contribution is 2.28. The summed E-state index contributed by atoms with van der Waals surface area (Å²) in [6.07, 6.45) is 1.28. The van der Waals surface area contributed by atoms with E-state index in [0.29, 0.717) is 0 Å². The predicted molar refractivity (Wildman–Crippen MR) is 31.2 cm³/mol. The van der Waals surface area contributed by atoms with Crippen LogP contribution in [0.5, 0.6) is 0 Å². The second-order valence-corrected chi connectivity index (χ2v) is 2.09. The number of nitrogens with one attached hydrogen (secondary N) is 1. The standard InChI is InChI=1S/C6H11N/c1-5-3-6(5)4-7-2/h7H,3-4H2,1-2H3. The zero-order valence-corrected chi connectivity index (χ0v) is 4.91. The second kappa shape index (κ2) is 1.66. The molecule has 0 saturated heterocycles. The molecular weight excluding hydrogens is 86.1 g/mol. The van der Waals surface area contributed by atoms with Crippen molar-refractivity contribution in [3.8, 4) is 0 Å². The summed E-state index contributed by atoms with van der Waals surface area (Å²) in [6.45, 7) is 3.29. The van der Waals surface area contributed by atoms with E-state index in [1.165, 1.54) is 6.42 Å². The zero-order valence-electron chi connectivity index (χ0n) is 4.91. The topological polar surface area (TPSA) is 12.0 Å². The first-order valence-corrected chi connectivity index (χ1v) is 2.66. The van der Waals surface area contributed by atoms with Gasteiger partial charge in [-0.1, -0.05) is 11.1 Å². The van der Waals surface area contributed by atoms with Gasteiger partial charge in [-0.3, -0.25) is 0 Å². The Balaban J connectivity index is 2.19. The van der Waals surface area contributed by atoms with Gasteiger partial charge >= 0.3 is 0 Å². The van der Waals surface area contributed by atoms with E-state index in [-0.39, 0.29) is 0 Å². The minimum atomic E-state index is 1.10. The van der Waals surface area contributed by atoms with Crippen molar-refractivity contribution in [1.82, 2.24) is 5.32 Å². The predicted octanol–water partition coefficient (Wildman–Crippen LogP) is 0.926. The van der Waals surface area contributed by atoms with Gasteiger partial charge < -0.3 is 5.32 Å². The number of likely N-dealkylation sites (N-methyl/N-ethyl adjacent to an activating group) is 1. The Morgan fingerprint density at radius 3 is 2.43 bits per heavy atom. The van der Waals surface area contributed by atoms with E-state index in [2.05, 4.69) is 12.2 Å². The molecule has 0 aromatic rings. The molecule has 0 aliphatic heterocycles. The molecule has 0 unspecified atom stereocenters. The third-order valence-electron chi connectivity index (χ3n) is 1.35. The molecule has 1 aliphatic carbocycles. The molecule has 1 nitrogen and oxygen atoms in total. The summed E-state index contributed by atoms with van der Waals surface area (Å²) in [5.74, 6) is 0. The third-order valence-corrected chi connectivity index (χ3v) is 1.35. The Hall–Kier alpha value is -0.300. The molecule has 0 aromatic carbocycles. The van der Waals surface area contributed by atoms with Gasteiger partial charge in [0.05, 0.1) is 0 Å². The average Bonchev–Trinajstić information content (AvgIpc) is 2.22. The fourth-order valence-corrected chi connectivity index (χ4v) is 0.703. The van der Waals surface area contributed by atoms with Crippen LogP contribution in [0, 0.1) is 0 Å². The lowest BCUT2D eigenvalue weighted by atomic mass is 10.5. The molecule has 0 heterocycles. The smallest absolute Gasteiger partial charge is 0.0167 e. The first kappa shape index (κ1) is 4.85. The van der Waals surface area contributed by atoms with Crippen LogP contribution >= 0.6 is 0 Å². The molecule has 7 heavy (non-hydrogen) atoms. The van der Waals surface area contributed by atoms with E-state index < -0.39 is 0 Å². The molecule has 0 fully saturated rings. The summed E-state index contributed by atoms with van der Waals surface area (Å²) in [5.41, 5.74) is 3.18. The highest BCUT2D eigenvalue weighted by atomic mass is 14.8. The van der Waals surface area contributed by atoms with Crippen molar-refractivity contribution in [2.24, 2.45) is 0 Å². The van der Waals surface area contributed by atoms with Crippen LogP contribution in [0.15, 0.2) is 11.1 Å². The van der Waals surface area contributed by atoms with Crippen molar-refractivity contribution in [3.63, 3.8) is 0 Å². The normalized spacial score (nSPS) is 18.0. The minimum absolute atomic E-state index is 1.10. The summed E-state index contributed by atoms with van der Waals surface area (Å²) in [5, 5.41) is 3.10. The monoisotopic (exact) mass is 97.1 g/mol. The van der Waals surface area contributed by atoms with Gasteiger partial charge in [0.15, 0.2) is 0 Å². The SMILES string of the molecule is CNCC1=C(C)C1. The molecule has 0 aromatic heterocycles. The Morgan fingerprint density at radius 2 is 2.29 bits per heavy atom. The van der Waals surface area contributed by atoms with Crippen LogP contribution in [0.4, 0.5) is 0 Å². The highest BCUT2D eigenvalue weighted by Gasteiger charge is 2.13. The van der Waals surface area contributed by atoms with Crippen LogP contribution in [0.3, 0.4) is 0 Å². The number of rotatable bonds is 2. The van der Waals surface area contributed by atoms with E-state index in [1.807, 2.05) is 7.05 Å². The Bertz CT molecular complexity index is 103. The van der Waals surface area contributed by atoms with Crippen molar-refractivity contribution < 1.29 is 0 Å². The molecular formula is C6H11N. The van der Waals surface area contributed by atoms with Crippen LogP contribution in [0.2, 0.25) is 0 Å². The maximum atomic E-state index is 3.10. The number of allylic oxidation sites excluding steroid dienone is 1. The van der Waals surface area contributed by atoms with Gasteiger partial charge in [0, 0.05) is 6.54 Å². The molecule has 40 valence electrons. The minimum Gasteiger partial charge on any atom is -0.316 e. The summed E-state index contributed by atoms with van der Waals surface area (Å²) in [7, 11) is 1.98. The molecule has 0 atom stereocenters. The van der Waals surface area contributed by atoms with Crippen molar-refractivity contribution >= 4 is 0 Å². The molecule has 0 spiro atoms. The quantitative estimate of drug-likeness (QED) is 0.505. The van der Waals surface area contributed by atoms with E-state index >= 15 is 0 Å². The lowest BCUT2D eigenvalue weighted by Gasteiger charge is -1.84. The van der Waals surface area contributed by atoms with E-state index in [1.54, 1.807) is 11.1 Å². The molecule has 1 rings (SSSR count). The average molecular weight is 97.2 g/mol. The summed E-state index contributed by atoms with van der Waals surface area (Å²) >= 11 is 0. The van der Waals surface area contributed by atoms with Gasteiger partial charge in [-0.05, 0) is 20.4 Å². The molecule has 0 amide bonds. The lowest BCUT2D eigenvalue weighted by Crippen LogP contribution is -2.05.